The number of benzene rings is 2. The van der Waals surface area contributed by atoms with Crippen LogP contribution in [0.1, 0.15) is 38.5 Å². The number of hydrogen-bond acceptors (Lipinski definition) is 6. The minimum Gasteiger partial charge on any atom is -0.491 e. The molecule has 0 saturated carbocycles. The van der Waals surface area contributed by atoms with E-state index in [1.807, 2.05) is 6.92 Å². The van der Waals surface area contributed by atoms with Gasteiger partial charge in [0.1, 0.15) is 18.1 Å². The monoisotopic (exact) mass is 613 g/mol. The molecule has 8 nitrogen and oxygen atoms in total. The number of amides is 1. The number of likely N-dealkylation sites (tertiary alicyclic amines) is 1. The molecule has 1 aliphatic rings. The standard InChI is InChI=1S/C31H34F3N5O3S/c1-5-42-25-12-11-23(27(33)28(25)34)24-15-38(36-35-24)18-31(19(2)3)13-6-14-37(17-31)26(40)16-39-29(20(4)43-30(39)41)21-7-9-22(32)10-8-21/h7-12,15,19H,5-6,13-14,16-18H2,1-4H3. The van der Waals surface area contributed by atoms with Crippen LogP contribution in [0.5, 0.6) is 5.75 Å². The Bertz CT molecular complexity index is 1680. The van der Waals surface area contributed by atoms with E-state index in [1.165, 1.54) is 28.8 Å². The maximum absolute atomic E-state index is 14.8. The highest BCUT2D eigenvalue weighted by Gasteiger charge is 2.40. The Morgan fingerprint density at radius 1 is 1.12 bits per heavy atom. The number of aromatic nitrogens is 4. The Hall–Kier alpha value is -3.93. The molecule has 5 rings (SSSR count). The molecule has 43 heavy (non-hydrogen) atoms. The van der Waals surface area contributed by atoms with Crippen LogP contribution in [0.4, 0.5) is 13.2 Å². The number of piperidine rings is 1. The second kappa shape index (κ2) is 12.4. The summed E-state index contributed by atoms with van der Waals surface area (Å²) < 4.78 is 51.1. The van der Waals surface area contributed by atoms with E-state index < -0.39 is 11.6 Å². The number of ether oxygens (including phenoxy) is 1. The van der Waals surface area contributed by atoms with Crippen LogP contribution in [0.15, 0.2) is 47.4 Å². The fourth-order valence-electron chi connectivity index (χ4n) is 5.84. The highest BCUT2D eigenvalue weighted by Crippen LogP contribution is 2.39. The first kappa shape index (κ1) is 30.5. The predicted molar refractivity (Wildman–Crippen MR) is 158 cm³/mol. The number of thiazole rings is 1. The highest BCUT2D eigenvalue weighted by molar-refractivity contribution is 7.09. The van der Waals surface area contributed by atoms with Gasteiger partial charge in [0.05, 0.1) is 25.0 Å². The van der Waals surface area contributed by atoms with Crippen molar-refractivity contribution < 1.29 is 22.7 Å². The van der Waals surface area contributed by atoms with Gasteiger partial charge in [-0.2, -0.15) is 4.39 Å². The molecule has 0 bridgehead atoms. The second-order valence-electron chi connectivity index (χ2n) is 11.3. The van der Waals surface area contributed by atoms with E-state index in [0.29, 0.717) is 30.9 Å². The van der Waals surface area contributed by atoms with Crippen molar-refractivity contribution in [2.75, 3.05) is 19.7 Å². The summed E-state index contributed by atoms with van der Waals surface area (Å²) in [6, 6.07) is 8.68. The third kappa shape index (κ3) is 6.11. The molecule has 1 aliphatic heterocycles. The minimum absolute atomic E-state index is 0.0142. The summed E-state index contributed by atoms with van der Waals surface area (Å²) in [5, 5.41) is 8.33. The molecule has 0 spiro atoms. The maximum Gasteiger partial charge on any atom is 0.308 e. The Morgan fingerprint density at radius 3 is 2.56 bits per heavy atom. The Morgan fingerprint density at radius 2 is 1.86 bits per heavy atom. The molecule has 0 N–H and O–H groups in total. The summed E-state index contributed by atoms with van der Waals surface area (Å²) in [5.41, 5.74) is 1.11. The number of carbonyl (C=O) groups excluding carboxylic acids is 1. The lowest BCUT2D eigenvalue weighted by molar-refractivity contribution is -0.136. The zero-order chi connectivity index (χ0) is 30.9. The van der Waals surface area contributed by atoms with E-state index in [9.17, 15) is 22.8 Å². The average Bonchev–Trinajstić information content (AvgIpc) is 3.54. The largest absolute Gasteiger partial charge is 0.491 e. The van der Waals surface area contributed by atoms with Gasteiger partial charge < -0.3 is 9.64 Å². The molecule has 1 atom stereocenters. The van der Waals surface area contributed by atoms with E-state index in [1.54, 1.807) is 34.8 Å². The Kier molecular flexibility index (Phi) is 8.77. The third-order valence-electron chi connectivity index (χ3n) is 8.30. The lowest BCUT2D eigenvalue weighted by Crippen LogP contribution is -2.51. The molecule has 2 aromatic carbocycles. The summed E-state index contributed by atoms with van der Waals surface area (Å²) in [5.74, 6) is -2.69. The molecule has 4 aromatic rings. The van der Waals surface area contributed by atoms with E-state index in [2.05, 4.69) is 24.2 Å². The summed E-state index contributed by atoms with van der Waals surface area (Å²) >= 11 is 1.06. The molecular formula is C31H34F3N5O3S. The topological polar surface area (TPSA) is 82.2 Å². The van der Waals surface area contributed by atoms with Crippen molar-refractivity contribution in [3.05, 3.63) is 74.6 Å². The second-order valence-corrected chi connectivity index (χ2v) is 12.4. The van der Waals surface area contributed by atoms with Gasteiger partial charge in [0.25, 0.3) is 0 Å². The summed E-state index contributed by atoms with van der Waals surface area (Å²) in [4.78, 5) is 28.8. The Labute approximate surface area is 251 Å². The van der Waals surface area contributed by atoms with E-state index in [-0.39, 0.29) is 58.1 Å². The summed E-state index contributed by atoms with van der Waals surface area (Å²) in [6.07, 6.45) is 3.17. The third-order valence-corrected chi connectivity index (χ3v) is 9.19. The van der Waals surface area contributed by atoms with Crippen LogP contribution in [-0.4, -0.2) is 50.1 Å². The molecule has 0 radical (unpaired) electrons. The molecule has 1 saturated heterocycles. The Balaban J connectivity index is 1.36. The molecule has 3 heterocycles. The van der Waals surface area contributed by atoms with Crippen LogP contribution in [0.2, 0.25) is 0 Å². The summed E-state index contributed by atoms with van der Waals surface area (Å²) in [6.45, 7) is 9.18. The quantitative estimate of drug-likeness (QED) is 0.234. The van der Waals surface area contributed by atoms with Gasteiger partial charge in [-0.05, 0) is 74.6 Å². The number of carbonyl (C=O) groups is 1. The molecule has 2 aromatic heterocycles. The molecule has 0 aliphatic carbocycles. The first-order valence-electron chi connectivity index (χ1n) is 14.3. The smallest absolute Gasteiger partial charge is 0.308 e. The van der Waals surface area contributed by atoms with Crippen molar-refractivity contribution in [3.8, 4) is 28.3 Å². The van der Waals surface area contributed by atoms with E-state index in [4.69, 9.17) is 4.74 Å². The zero-order valence-corrected chi connectivity index (χ0v) is 25.4. The van der Waals surface area contributed by atoms with Crippen molar-refractivity contribution in [1.82, 2.24) is 24.5 Å². The molecule has 228 valence electrons. The van der Waals surface area contributed by atoms with Crippen LogP contribution in [0, 0.1) is 35.7 Å². The van der Waals surface area contributed by atoms with Gasteiger partial charge in [0.2, 0.25) is 11.7 Å². The molecular weight excluding hydrogens is 579 g/mol. The minimum atomic E-state index is -1.07. The first-order valence-corrected chi connectivity index (χ1v) is 15.1. The van der Waals surface area contributed by atoms with Gasteiger partial charge in [-0.15, -0.1) is 5.10 Å². The molecule has 1 amide bonds. The van der Waals surface area contributed by atoms with E-state index >= 15 is 0 Å². The maximum atomic E-state index is 14.8. The summed E-state index contributed by atoms with van der Waals surface area (Å²) in [7, 11) is 0. The van der Waals surface area contributed by atoms with Crippen LogP contribution in [0.25, 0.3) is 22.5 Å². The van der Waals surface area contributed by atoms with Crippen molar-refractivity contribution in [2.24, 2.45) is 11.3 Å². The van der Waals surface area contributed by atoms with Crippen LogP contribution < -0.4 is 9.61 Å². The SMILES string of the molecule is CCOc1ccc(-c2cn(CC3(C(C)C)CCCN(C(=O)Cn4c(-c5ccc(F)cc5)c(C)sc4=O)C3)nn2)c(F)c1F. The number of hydrogen-bond donors (Lipinski definition) is 0. The molecule has 1 unspecified atom stereocenters. The first-order chi connectivity index (χ1) is 20.5. The number of nitrogens with zero attached hydrogens (tertiary/aromatic N) is 5. The van der Waals surface area contributed by atoms with Crippen LogP contribution >= 0.6 is 11.3 Å². The zero-order valence-electron chi connectivity index (χ0n) is 24.6. The van der Waals surface area contributed by atoms with Gasteiger partial charge in [0.15, 0.2) is 11.6 Å². The van der Waals surface area contributed by atoms with Crippen molar-refractivity contribution in [2.45, 2.75) is 53.6 Å². The van der Waals surface area contributed by atoms with Crippen molar-refractivity contribution in [3.63, 3.8) is 0 Å². The van der Waals surface area contributed by atoms with Gasteiger partial charge in [-0.25, -0.2) is 8.78 Å². The number of halogens is 3. The van der Waals surface area contributed by atoms with Gasteiger partial charge in [-0.3, -0.25) is 18.8 Å². The van der Waals surface area contributed by atoms with Crippen LogP contribution in [-0.2, 0) is 17.9 Å². The van der Waals surface area contributed by atoms with Gasteiger partial charge >= 0.3 is 4.87 Å². The highest BCUT2D eigenvalue weighted by atomic mass is 32.1. The van der Waals surface area contributed by atoms with E-state index in [0.717, 1.165) is 29.1 Å². The fraction of sp³-hybridized carbons (Fsp3) is 0.419. The van der Waals surface area contributed by atoms with Crippen molar-refractivity contribution in [1.29, 1.82) is 0 Å². The van der Waals surface area contributed by atoms with Gasteiger partial charge in [0, 0.05) is 28.9 Å². The van der Waals surface area contributed by atoms with Crippen LogP contribution in [0.3, 0.4) is 0 Å². The average molecular weight is 614 g/mol. The number of aryl methyl sites for hydroxylation is 1. The molecule has 12 heteroatoms. The van der Waals surface area contributed by atoms with Crippen molar-refractivity contribution >= 4 is 17.2 Å². The predicted octanol–water partition coefficient (Wildman–Crippen LogP) is 5.92. The van der Waals surface area contributed by atoms with Gasteiger partial charge in [-0.1, -0.05) is 30.4 Å². The lowest BCUT2D eigenvalue weighted by atomic mass is 9.71. The fourth-order valence-corrected chi connectivity index (χ4v) is 6.69. The lowest BCUT2D eigenvalue weighted by Gasteiger charge is -2.45. The number of rotatable bonds is 9. The normalized spacial score (nSPS) is 17.1. The molecule has 1 fully saturated rings.